The van der Waals surface area contributed by atoms with E-state index in [-0.39, 0.29) is 17.9 Å². The first-order valence-electron chi connectivity index (χ1n) is 11.6. The van der Waals surface area contributed by atoms with Gasteiger partial charge in [0.1, 0.15) is 18.5 Å². The minimum atomic E-state index is -0.616. The number of amides is 2. The first-order chi connectivity index (χ1) is 15.0. The van der Waals surface area contributed by atoms with E-state index >= 15 is 0 Å². The van der Waals surface area contributed by atoms with Crippen LogP contribution < -0.4 is 15.4 Å². The predicted octanol–water partition coefficient (Wildman–Crippen LogP) is 4.85. The maximum atomic E-state index is 12.9. The summed E-state index contributed by atoms with van der Waals surface area (Å²) in [6.07, 6.45) is 8.78. The molecule has 0 aromatic heterocycles. The summed E-state index contributed by atoms with van der Waals surface area (Å²) in [6.45, 7) is 7.54. The van der Waals surface area contributed by atoms with Gasteiger partial charge in [0.2, 0.25) is 0 Å². The molecule has 5 nitrogen and oxygen atoms in total. The van der Waals surface area contributed by atoms with Gasteiger partial charge in [-0.3, -0.25) is 9.59 Å². The first kappa shape index (κ1) is 24.9. The van der Waals surface area contributed by atoms with Crippen molar-refractivity contribution in [2.45, 2.75) is 71.9 Å². The van der Waals surface area contributed by atoms with Gasteiger partial charge in [0.15, 0.2) is 0 Å². The average Bonchev–Trinajstić information content (AvgIpc) is 3.17. The molecule has 1 aromatic rings. The van der Waals surface area contributed by atoms with Gasteiger partial charge in [-0.2, -0.15) is 0 Å². The Bertz CT molecular complexity index is 783. The molecular weight excluding hydrogens is 395 g/mol. The van der Waals surface area contributed by atoms with Gasteiger partial charge in [-0.15, -0.1) is 0 Å². The molecule has 3 unspecified atom stereocenters. The lowest BCUT2D eigenvalue weighted by Crippen LogP contribution is -2.29. The number of halogens is 1. The summed E-state index contributed by atoms with van der Waals surface area (Å²) < 4.78 is 18.5. The molecule has 0 radical (unpaired) electrons. The maximum Gasteiger partial charge on any atom is 0.254 e. The minimum Gasteiger partial charge on any atom is -0.486 e. The van der Waals surface area contributed by atoms with E-state index in [1.54, 1.807) is 12.1 Å². The molecule has 6 heteroatoms. The number of carbonyl (C=O) groups excluding carboxylic acids is 2. The van der Waals surface area contributed by atoms with Crippen molar-refractivity contribution in [3.8, 4) is 5.75 Å². The Morgan fingerprint density at radius 3 is 2.39 bits per heavy atom. The van der Waals surface area contributed by atoms with E-state index in [9.17, 15) is 14.0 Å². The van der Waals surface area contributed by atoms with Crippen molar-refractivity contribution in [2.24, 2.45) is 11.8 Å². The number of nitrogens with one attached hydrogen (secondary N) is 2. The van der Waals surface area contributed by atoms with E-state index in [2.05, 4.69) is 29.7 Å². The monoisotopic (exact) mass is 432 g/mol. The molecule has 0 saturated heterocycles. The third kappa shape index (κ3) is 5.86. The maximum absolute atomic E-state index is 12.9. The van der Waals surface area contributed by atoms with Crippen LogP contribution >= 0.6 is 0 Å². The lowest BCUT2D eigenvalue weighted by Gasteiger charge is -2.12. The third-order valence-corrected chi connectivity index (χ3v) is 5.98. The highest BCUT2D eigenvalue weighted by atomic mass is 19.1. The molecule has 31 heavy (non-hydrogen) atoms. The van der Waals surface area contributed by atoms with Crippen molar-refractivity contribution in [1.82, 2.24) is 10.6 Å². The van der Waals surface area contributed by atoms with Gasteiger partial charge < -0.3 is 15.4 Å². The molecular formula is C25H37FN2O3. The highest BCUT2D eigenvalue weighted by molar-refractivity contribution is 6.02. The topological polar surface area (TPSA) is 67.4 Å². The second kappa shape index (κ2) is 11.9. The Labute approximate surface area is 185 Å². The molecule has 3 aliphatic rings. The number of allylic oxidation sites excluding steroid dienone is 2. The highest BCUT2D eigenvalue weighted by Crippen LogP contribution is 2.52. The fraction of sp³-hybridized carbons (Fsp3) is 0.600. The van der Waals surface area contributed by atoms with E-state index in [1.165, 1.54) is 26.3 Å². The molecule has 2 N–H and O–H groups in total. The van der Waals surface area contributed by atoms with Crippen LogP contribution in [0.4, 0.5) is 4.39 Å². The SMILES string of the molecule is C/C=C\CC.CC.CNC(=O)c1cc(C(=O)NC2C3CCCC32)cc2c1OC(CF)C2. The Hall–Kier alpha value is -2.37. The standard InChI is InChI=1S/C18H21FN2O3.C5H10.C2H6/c1-20-18(23)14-7-10(5-9-6-11(8-19)24-16(9)14)17(22)21-15-12-3-2-4-13(12)15;1-3-5-4-2;1-2/h5,7,11-13,15H,2-4,6,8H2,1H3,(H,20,23)(H,21,22);3,5H,4H2,1-2H3;1-2H3/b;5-3-;. The summed E-state index contributed by atoms with van der Waals surface area (Å²) in [5.41, 5.74) is 1.47. The fourth-order valence-corrected chi connectivity index (χ4v) is 4.46. The number of hydrogen-bond acceptors (Lipinski definition) is 3. The molecule has 4 rings (SSSR count). The quantitative estimate of drug-likeness (QED) is 0.654. The smallest absolute Gasteiger partial charge is 0.254 e. The van der Waals surface area contributed by atoms with Crippen LogP contribution in [0.2, 0.25) is 0 Å². The van der Waals surface area contributed by atoms with Gasteiger partial charge in [0.25, 0.3) is 11.8 Å². The number of carbonyl (C=O) groups is 2. The molecule has 1 aliphatic heterocycles. The Balaban J connectivity index is 0.000000432. The summed E-state index contributed by atoms with van der Waals surface area (Å²) in [5, 5.41) is 5.64. The number of alkyl halides is 1. The minimum absolute atomic E-state index is 0.161. The molecule has 172 valence electrons. The average molecular weight is 433 g/mol. The Morgan fingerprint density at radius 2 is 1.87 bits per heavy atom. The number of ether oxygens (including phenoxy) is 1. The van der Waals surface area contributed by atoms with E-state index < -0.39 is 12.8 Å². The molecule has 2 saturated carbocycles. The van der Waals surface area contributed by atoms with Crippen LogP contribution in [-0.4, -0.2) is 37.7 Å². The molecule has 1 heterocycles. The van der Waals surface area contributed by atoms with Crippen LogP contribution in [0.15, 0.2) is 24.3 Å². The zero-order chi connectivity index (χ0) is 23.0. The molecule has 2 aliphatic carbocycles. The highest BCUT2D eigenvalue weighted by Gasteiger charge is 2.53. The largest absolute Gasteiger partial charge is 0.486 e. The van der Waals surface area contributed by atoms with E-state index in [1.807, 2.05) is 20.8 Å². The summed E-state index contributed by atoms with van der Waals surface area (Å²) in [7, 11) is 1.52. The second-order valence-electron chi connectivity index (χ2n) is 7.92. The van der Waals surface area contributed by atoms with E-state index in [0.29, 0.717) is 35.1 Å². The lowest BCUT2D eigenvalue weighted by molar-refractivity contribution is 0.0946. The van der Waals surface area contributed by atoms with E-state index in [4.69, 9.17) is 4.74 Å². The van der Waals surface area contributed by atoms with Crippen LogP contribution in [-0.2, 0) is 6.42 Å². The first-order valence-corrected chi connectivity index (χ1v) is 11.6. The fourth-order valence-electron chi connectivity index (χ4n) is 4.46. The molecule has 2 amide bonds. The van der Waals surface area contributed by atoms with Crippen molar-refractivity contribution < 1.29 is 18.7 Å². The van der Waals surface area contributed by atoms with Gasteiger partial charge in [0, 0.05) is 25.1 Å². The van der Waals surface area contributed by atoms with Gasteiger partial charge in [-0.25, -0.2) is 4.39 Å². The van der Waals surface area contributed by atoms with Crippen LogP contribution in [0.5, 0.6) is 5.75 Å². The summed E-state index contributed by atoms with van der Waals surface area (Å²) in [5.74, 6) is 1.16. The van der Waals surface area contributed by atoms with Crippen molar-refractivity contribution in [1.29, 1.82) is 0 Å². The zero-order valence-corrected chi connectivity index (χ0v) is 19.5. The van der Waals surface area contributed by atoms with Crippen molar-refractivity contribution in [3.05, 3.63) is 41.0 Å². The van der Waals surface area contributed by atoms with Gasteiger partial charge in [-0.05, 0) is 55.7 Å². The van der Waals surface area contributed by atoms with Gasteiger partial charge >= 0.3 is 0 Å². The molecule has 1 aromatic carbocycles. The molecule has 2 fully saturated rings. The van der Waals surface area contributed by atoms with Gasteiger partial charge in [0.05, 0.1) is 5.56 Å². The van der Waals surface area contributed by atoms with Crippen molar-refractivity contribution in [2.75, 3.05) is 13.7 Å². The summed E-state index contributed by atoms with van der Waals surface area (Å²) >= 11 is 0. The Kier molecular flexibility index (Phi) is 9.53. The van der Waals surface area contributed by atoms with E-state index in [0.717, 1.165) is 12.0 Å². The molecule has 3 atom stereocenters. The van der Waals surface area contributed by atoms with Crippen LogP contribution in [0.25, 0.3) is 0 Å². The number of rotatable bonds is 5. The molecule has 0 spiro atoms. The number of hydrogen-bond donors (Lipinski definition) is 2. The third-order valence-electron chi connectivity index (χ3n) is 5.98. The van der Waals surface area contributed by atoms with Crippen molar-refractivity contribution in [3.63, 3.8) is 0 Å². The number of fused-ring (bicyclic) bond motifs is 2. The molecule has 0 bridgehead atoms. The van der Waals surface area contributed by atoms with Gasteiger partial charge in [-0.1, -0.05) is 39.3 Å². The summed E-state index contributed by atoms with van der Waals surface area (Å²) in [4.78, 5) is 24.7. The predicted molar refractivity (Wildman–Crippen MR) is 122 cm³/mol. The lowest BCUT2D eigenvalue weighted by atomic mass is 10.0. The number of benzene rings is 1. The van der Waals surface area contributed by atoms with Crippen LogP contribution in [0.3, 0.4) is 0 Å². The second-order valence-corrected chi connectivity index (χ2v) is 7.92. The zero-order valence-electron chi connectivity index (χ0n) is 19.5. The van der Waals surface area contributed by atoms with Crippen LogP contribution in [0.1, 0.15) is 79.7 Å². The normalized spacial score (nSPS) is 24.6. The summed E-state index contributed by atoms with van der Waals surface area (Å²) in [6, 6.07) is 3.55. The van der Waals surface area contributed by atoms with Crippen molar-refractivity contribution >= 4 is 11.8 Å². The van der Waals surface area contributed by atoms with Crippen LogP contribution in [0, 0.1) is 11.8 Å². The Morgan fingerprint density at radius 1 is 1.19 bits per heavy atom.